The van der Waals surface area contributed by atoms with Crippen LogP contribution >= 0.6 is 0 Å². The molecule has 3 rings (SSSR count). The molecule has 6 heteroatoms. The molecule has 0 saturated carbocycles. The molecule has 1 saturated heterocycles. The van der Waals surface area contributed by atoms with Crippen LogP contribution in [0.25, 0.3) is 0 Å². The first-order valence-corrected chi connectivity index (χ1v) is 8.48. The van der Waals surface area contributed by atoms with E-state index >= 15 is 0 Å². The molecule has 1 fully saturated rings. The average molecular weight is 325 g/mol. The highest BCUT2D eigenvalue weighted by Gasteiger charge is 2.12. The van der Waals surface area contributed by atoms with Crippen molar-refractivity contribution in [3.05, 3.63) is 42.4 Å². The molecule has 1 aliphatic rings. The van der Waals surface area contributed by atoms with Gasteiger partial charge in [0.15, 0.2) is 0 Å². The predicted octanol–water partition coefficient (Wildman–Crippen LogP) is 2.96. The fourth-order valence-corrected chi connectivity index (χ4v) is 2.76. The predicted molar refractivity (Wildman–Crippen MR) is 95.8 cm³/mol. The minimum Gasteiger partial charge on any atom is -0.372 e. The van der Waals surface area contributed by atoms with Crippen LogP contribution in [0.15, 0.2) is 36.7 Å². The van der Waals surface area contributed by atoms with Crippen LogP contribution in [0.4, 0.5) is 17.2 Å². The van der Waals surface area contributed by atoms with Crippen molar-refractivity contribution in [2.24, 2.45) is 0 Å². The van der Waals surface area contributed by atoms with Crippen molar-refractivity contribution in [1.82, 2.24) is 15.3 Å². The largest absolute Gasteiger partial charge is 0.372 e. The molecule has 0 unspecified atom stereocenters. The van der Waals surface area contributed by atoms with Crippen LogP contribution in [-0.4, -0.2) is 35.5 Å². The topological polar surface area (TPSA) is 70.2 Å². The van der Waals surface area contributed by atoms with Gasteiger partial charge < -0.3 is 15.5 Å². The van der Waals surface area contributed by atoms with E-state index in [1.165, 1.54) is 24.9 Å². The van der Waals surface area contributed by atoms with Gasteiger partial charge in [0, 0.05) is 37.1 Å². The first-order chi connectivity index (χ1) is 11.8. The van der Waals surface area contributed by atoms with Crippen LogP contribution in [-0.2, 0) is 0 Å². The lowest BCUT2D eigenvalue weighted by Gasteiger charge is -2.17. The van der Waals surface area contributed by atoms with E-state index in [0.29, 0.717) is 18.1 Å². The summed E-state index contributed by atoms with van der Waals surface area (Å²) in [5.41, 5.74) is 2.56. The molecule has 2 heterocycles. The van der Waals surface area contributed by atoms with E-state index in [9.17, 15) is 4.79 Å². The summed E-state index contributed by atoms with van der Waals surface area (Å²) in [7, 11) is 0. The number of carbonyl (C=O) groups is 1. The number of nitrogens with one attached hydrogen (secondary N) is 2. The second-order valence-corrected chi connectivity index (χ2v) is 5.91. The Morgan fingerprint density at radius 1 is 1.17 bits per heavy atom. The number of hydrogen-bond donors (Lipinski definition) is 2. The van der Waals surface area contributed by atoms with Gasteiger partial charge in [-0.3, -0.25) is 4.79 Å². The third kappa shape index (κ3) is 4.01. The molecule has 24 heavy (non-hydrogen) atoms. The number of nitrogens with zero attached hydrogens (tertiary/aromatic N) is 3. The highest BCUT2D eigenvalue weighted by molar-refractivity contribution is 5.92. The Balaban J connectivity index is 1.66. The van der Waals surface area contributed by atoms with Crippen molar-refractivity contribution in [1.29, 1.82) is 0 Å². The molecule has 0 radical (unpaired) electrons. The lowest BCUT2D eigenvalue weighted by atomic mass is 10.2. The summed E-state index contributed by atoms with van der Waals surface area (Å²) in [4.78, 5) is 22.6. The average Bonchev–Trinajstić information content (AvgIpc) is 3.15. The second-order valence-electron chi connectivity index (χ2n) is 5.91. The van der Waals surface area contributed by atoms with E-state index in [4.69, 9.17) is 0 Å². The zero-order chi connectivity index (χ0) is 16.8. The molecule has 2 N–H and O–H groups in total. The number of hydrogen-bond acceptors (Lipinski definition) is 5. The maximum Gasteiger partial charge on any atom is 0.270 e. The summed E-state index contributed by atoms with van der Waals surface area (Å²) in [5, 5.41) is 6.04. The summed E-state index contributed by atoms with van der Waals surface area (Å²) in [5.74, 6) is 0.437. The SMILES string of the molecule is CCCNC(=O)c1cc(Nc2ccc(N3CCCC3)cc2)ncn1. The van der Waals surface area contributed by atoms with Gasteiger partial charge in [-0.25, -0.2) is 9.97 Å². The van der Waals surface area contributed by atoms with Crippen molar-refractivity contribution in [3.63, 3.8) is 0 Å². The van der Waals surface area contributed by atoms with E-state index in [1.54, 1.807) is 6.07 Å². The normalized spacial score (nSPS) is 13.8. The van der Waals surface area contributed by atoms with Crippen LogP contribution in [0.3, 0.4) is 0 Å². The van der Waals surface area contributed by atoms with Crippen molar-refractivity contribution in [2.45, 2.75) is 26.2 Å². The van der Waals surface area contributed by atoms with Crippen LogP contribution in [0.1, 0.15) is 36.7 Å². The third-order valence-electron chi connectivity index (χ3n) is 4.05. The Bertz CT molecular complexity index is 680. The molecular formula is C18H23N5O. The highest BCUT2D eigenvalue weighted by atomic mass is 16.1. The molecule has 2 aromatic rings. The van der Waals surface area contributed by atoms with Gasteiger partial charge in [0.25, 0.3) is 5.91 Å². The molecule has 1 aromatic carbocycles. The lowest BCUT2D eigenvalue weighted by molar-refractivity contribution is 0.0948. The highest BCUT2D eigenvalue weighted by Crippen LogP contribution is 2.23. The van der Waals surface area contributed by atoms with Crippen LogP contribution < -0.4 is 15.5 Å². The molecule has 0 spiro atoms. The Labute approximate surface area is 142 Å². The van der Waals surface area contributed by atoms with E-state index < -0.39 is 0 Å². The molecule has 1 aliphatic heterocycles. The Kier molecular flexibility index (Phi) is 5.25. The zero-order valence-corrected chi connectivity index (χ0v) is 14.0. The van der Waals surface area contributed by atoms with E-state index in [1.807, 2.05) is 19.1 Å². The van der Waals surface area contributed by atoms with Crippen molar-refractivity contribution < 1.29 is 4.79 Å². The third-order valence-corrected chi connectivity index (χ3v) is 4.05. The summed E-state index contributed by atoms with van der Waals surface area (Å²) in [6.07, 6.45) is 4.83. The van der Waals surface area contributed by atoms with Crippen molar-refractivity contribution in [2.75, 3.05) is 29.9 Å². The van der Waals surface area contributed by atoms with Gasteiger partial charge >= 0.3 is 0 Å². The number of aromatic nitrogens is 2. The van der Waals surface area contributed by atoms with Gasteiger partial charge in [0.2, 0.25) is 0 Å². The van der Waals surface area contributed by atoms with Gasteiger partial charge in [-0.15, -0.1) is 0 Å². The fraction of sp³-hybridized carbons (Fsp3) is 0.389. The van der Waals surface area contributed by atoms with Gasteiger partial charge in [-0.05, 0) is 43.5 Å². The molecular weight excluding hydrogens is 302 g/mol. The number of anilines is 3. The van der Waals surface area contributed by atoms with Crippen LogP contribution in [0, 0.1) is 0 Å². The molecule has 6 nitrogen and oxygen atoms in total. The number of benzene rings is 1. The van der Waals surface area contributed by atoms with E-state index in [2.05, 4.69) is 37.6 Å². The summed E-state index contributed by atoms with van der Waals surface area (Å²) < 4.78 is 0. The smallest absolute Gasteiger partial charge is 0.270 e. The first-order valence-electron chi connectivity index (χ1n) is 8.48. The molecule has 1 aromatic heterocycles. The Morgan fingerprint density at radius 3 is 2.62 bits per heavy atom. The van der Waals surface area contributed by atoms with Gasteiger partial charge in [0.1, 0.15) is 17.8 Å². The molecule has 1 amide bonds. The number of amides is 1. The summed E-state index contributed by atoms with van der Waals surface area (Å²) >= 11 is 0. The van der Waals surface area contributed by atoms with Crippen LogP contribution in [0.2, 0.25) is 0 Å². The standard InChI is InChI=1S/C18H23N5O/c1-2-9-19-18(24)16-12-17(21-13-20-16)22-14-5-7-15(8-6-14)23-10-3-4-11-23/h5-8,12-13H,2-4,9-11H2,1H3,(H,19,24)(H,20,21,22). The molecule has 0 atom stereocenters. The van der Waals surface area contributed by atoms with Crippen molar-refractivity contribution >= 4 is 23.1 Å². The summed E-state index contributed by atoms with van der Waals surface area (Å²) in [6.45, 7) is 4.92. The second kappa shape index (κ2) is 7.77. The zero-order valence-electron chi connectivity index (χ0n) is 14.0. The Hall–Kier alpha value is -2.63. The monoisotopic (exact) mass is 325 g/mol. The first kappa shape index (κ1) is 16.2. The molecule has 0 bridgehead atoms. The fourth-order valence-electron chi connectivity index (χ4n) is 2.76. The van der Waals surface area contributed by atoms with Gasteiger partial charge in [-0.2, -0.15) is 0 Å². The minimum absolute atomic E-state index is 0.174. The quantitative estimate of drug-likeness (QED) is 0.854. The van der Waals surface area contributed by atoms with Gasteiger partial charge in [-0.1, -0.05) is 6.92 Å². The van der Waals surface area contributed by atoms with E-state index in [-0.39, 0.29) is 5.91 Å². The molecule has 0 aliphatic carbocycles. The maximum absolute atomic E-state index is 12.0. The maximum atomic E-state index is 12.0. The van der Waals surface area contributed by atoms with Gasteiger partial charge in [0.05, 0.1) is 0 Å². The van der Waals surface area contributed by atoms with Crippen molar-refractivity contribution in [3.8, 4) is 0 Å². The number of carbonyl (C=O) groups excluding carboxylic acids is 1. The number of rotatable bonds is 6. The minimum atomic E-state index is -0.174. The van der Waals surface area contributed by atoms with E-state index in [0.717, 1.165) is 25.2 Å². The van der Waals surface area contributed by atoms with Crippen LogP contribution in [0.5, 0.6) is 0 Å². The summed E-state index contributed by atoms with van der Waals surface area (Å²) in [6, 6.07) is 9.96. The lowest BCUT2D eigenvalue weighted by Crippen LogP contribution is -2.25. The Morgan fingerprint density at radius 2 is 1.92 bits per heavy atom. The molecule has 126 valence electrons.